The first-order valence-corrected chi connectivity index (χ1v) is 5.41. The molecule has 0 N–H and O–H groups in total. The molecule has 0 radical (unpaired) electrons. The highest BCUT2D eigenvalue weighted by Crippen LogP contribution is 2.46. The van der Waals surface area contributed by atoms with E-state index in [9.17, 15) is 4.79 Å². The number of ketones is 1. The van der Waals surface area contributed by atoms with Gasteiger partial charge in [-0.2, -0.15) is 0 Å². The third-order valence-electron chi connectivity index (χ3n) is 3.50. The molecule has 0 aromatic carbocycles. The van der Waals surface area contributed by atoms with Crippen molar-refractivity contribution in [1.82, 2.24) is 0 Å². The summed E-state index contributed by atoms with van der Waals surface area (Å²) in [6.07, 6.45) is 7.03. The Hall–Kier alpha value is -0.850. The number of carbonyl (C=O) groups is 1. The van der Waals surface area contributed by atoms with E-state index in [-0.39, 0.29) is 0 Å². The molecule has 2 aliphatic rings. The van der Waals surface area contributed by atoms with E-state index in [4.69, 9.17) is 0 Å². The summed E-state index contributed by atoms with van der Waals surface area (Å²) in [5.41, 5.74) is 3.02. The summed E-state index contributed by atoms with van der Waals surface area (Å²) in [5, 5.41) is 0. The van der Waals surface area contributed by atoms with Crippen LogP contribution in [0.1, 0.15) is 40.0 Å². The van der Waals surface area contributed by atoms with Crippen LogP contribution in [0.2, 0.25) is 0 Å². The minimum Gasteiger partial charge on any atom is -0.295 e. The number of allylic oxidation sites excluding steroid dienone is 4. The standard InChI is InChI=1S/C13H18O/c1-9-6-10-7-11(14)4-5-12(10)13(2,3)8-9/h6-7,12H,4-5,8H2,1-3H3. The second-order valence-corrected chi connectivity index (χ2v) is 5.36. The lowest BCUT2D eigenvalue weighted by Gasteiger charge is -2.41. The summed E-state index contributed by atoms with van der Waals surface area (Å²) in [5.74, 6) is 0.905. The molecule has 1 heteroatoms. The zero-order valence-corrected chi connectivity index (χ0v) is 9.26. The maximum Gasteiger partial charge on any atom is 0.155 e. The summed E-state index contributed by atoms with van der Waals surface area (Å²) >= 11 is 0. The fourth-order valence-electron chi connectivity index (χ4n) is 2.97. The van der Waals surface area contributed by atoms with Crippen molar-refractivity contribution < 1.29 is 4.79 Å². The van der Waals surface area contributed by atoms with E-state index in [1.807, 2.05) is 6.08 Å². The van der Waals surface area contributed by atoms with Crippen molar-refractivity contribution in [3.8, 4) is 0 Å². The van der Waals surface area contributed by atoms with Crippen LogP contribution < -0.4 is 0 Å². The van der Waals surface area contributed by atoms with Gasteiger partial charge >= 0.3 is 0 Å². The van der Waals surface area contributed by atoms with Crippen molar-refractivity contribution in [2.24, 2.45) is 11.3 Å². The number of carbonyl (C=O) groups excluding carboxylic acids is 1. The Morgan fingerprint density at radius 2 is 2.07 bits per heavy atom. The lowest BCUT2D eigenvalue weighted by Crippen LogP contribution is -2.31. The van der Waals surface area contributed by atoms with Gasteiger partial charge in [-0.3, -0.25) is 4.79 Å². The molecule has 1 atom stereocenters. The van der Waals surface area contributed by atoms with Gasteiger partial charge in [-0.1, -0.05) is 25.5 Å². The van der Waals surface area contributed by atoms with Crippen LogP contribution >= 0.6 is 0 Å². The van der Waals surface area contributed by atoms with E-state index in [2.05, 4.69) is 26.8 Å². The molecule has 1 nitrogen and oxygen atoms in total. The van der Waals surface area contributed by atoms with E-state index in [0.717, 1.165) is 12.8 Å². The van der Waals surface area contributed by atoms with Crippen LogP contribution in [0.25, 0.3) is 0 Å². The maximum atomic E-state index is 11.3. The highest BCUT2D eigenvalue weighted by Gasteiger charge is 2.36. The van der Waals surface area contributed by atoms with Crippen LogP contribution in [-0.4, -0.2) is 5.78 Å². The van der Waals surface area contributed by atoms with Gasteiger partial charge in [0.2, 0.25) is 0 Å². The molecule has 0 saturated carbocycles. The van der Waals surface area contributed by atoms with Crippen molar-refractivity contribution in [1.29, 1.82) is 0 Å². The van der Waals surface area contributed by atoms with Crippen molar-refractivity contribution in [2.75, 3.05) is 0 Å². The molecule has 0 heterocycles. The van der Waals surface area contributed by atoms with E-state index < -0.39 is 0 Å². The van der Waals surface area contributed by atoms with Gasteiger partial charge in [0.25, 0.3) is 0 Å². The quantitative estimate of drug-likeness (QED) is 0.573. The normalized spacial score (nSPS) is 30.5. The van der Waals surface area contributed by atoms with Crippen LogP contribution in [0.3, 0.4) is 0 Å². The monoisotopic (exact) mass is 190 g/mol. The van der Waals surface area contributed by atoms with Crippen molar-refractivity contribution in [3.05, 3.63) is 23.3 Å². The van der Waals surface area contributed by atoms with Gasteiger partial charge in [0.1, 0.15) is 0 Å². The Morgan fingerprint density at radius 3 is 2.79 bits per heavy atom. The van der Waals surface area contributed by atoms with E-state index in [1.54, 1.807) is 0 Å². The molecular formula is C13H18O. The molecule has 0 saturated heterocycles. The third-order valence-corrected chi connectivity index (χ3v) is 3.50. The second kappa shape index (κ2) is 3.08. The summed E-state index contributed by atoms with van der Waals surface area (Å²) in [6.45, 7) is 6.80. The molecule has 0 amide bonds. The van der Waals surface area contributed by atoms with Crippen LogP contribution in [0.15, 0.2) is 23.3 Å². The minimum atomic E-state index is 0.304. The van der Waals surface area contributed by atoms with Gasteiger partial charge in [-0.25, -0.2) is 0 Å². The number of hydrogen-bond acceptors (Lipinski definition) is 1. The Bertz CT molecular complexity index is 331. The fraction of sp³-hybridized carbons (Fsp3) is 0.615. The summed E-state index contributed by atoms with van der Waals surface area (Å²) < 4.78 is 0. The van der Waals surface area contributed by atoms with Gasteiger partial charge in [0.05, 0.1) is 0 Å². The molecule has 0 spiro atoms. The lowest BCUT2D eigenvalue weighted by molar-refractivity contribution is -0.115. The molecule has 2 aliphatic carbocycles. The summed E-state index contributed by atoms with van der Waals surface area (Å²) in [7, 11) is 0. The van der Waals surface area contributed by atoms with Crippen LogP contribution in [0, 0.1) is 11.3 Å². The predicted molar refractivity (Wildman–Crippen MR) is 58.0 cm³/mol. The first-order chi connectivity index (χ1) is 6.49. The molecule has 0 bridgehead atoms. The second-order valence-electron chi connectivity index (χ2n) is 5.36. The minimum absolute atomic E-state index is 0.304. The molecule has 14 heavy (non-hydrogen) atoms. The van der Waals surface area contributed by atoms with E-state index in [0.29, 0.717) is 17.1 Å². The number of fused-ring (bicyclic) bond motifs is 1. The van der Waals surface area contributed by atoms with E-state index >= 15 is 0 Å². The lowest BCUT2D eigenvalue weighted by atomic mass is 9.64. The van der Waals surface area contributed by atoms with Gasteiger partial charge in [0.15, 0.2) is 5.78 Å². The first-order valence-electron chi connectivity index (χ1n) is 5.41. The van der Waals surface area contributed by atoms with E-state index in [1.165, 1.54) is 17.6 Å². The maximum absolute atomic E-state index is 11.3. The zero-order chi connectivity index (χ0) is 10.3. The Kier molecular flexibility index (Phi) is 2.13. The van der Waals surface area contributed by atoms with Crippen molar-refractivity contribution in [2.45, 2.75) is 40.0 Å². The van der Waals surface area contributed by atoms with Crippen LogP contribution in [-0.2, 0) is 4.79 Å². The first kappa shape index (κ1) is 9.70. The fourth-order valence-corrected chi connectivity index (χ4v) is 2.97. The Labute approximate surface area is 85.9 Å². The molecular weight excluding hydrogens is 172 g/mol. The highest BCUT2D eigenvalue weighted by atomic mass is 16.1. The summed E-state index contributed by atoms with van der Waals surface area (Å²) in [4.78, 5) is 11.3. The van der Waals surface area contributed by atoms with Gasteiger partial charge in [-0.05, 0) is 42.7 Å². The highest BCUT2D eigenvalue weighted by molar-refractivity contribution is 5.92. The number of rotatable bonds is 0. The average Bonchev–Trinajstić information content (AvgIpc) is 2.00. The van der Waals surface area contributed by atoms with Crippen LogP contribution in [0.5, 0.6) is 0 Å². The molecule has 1 unspecified atom stereocenters. The predicted octanol–water partition coefficient (Wildman–Crippen LogP) is 3.27. The molecule has 0 aliphatic heterocycles. The SMILES string of the molecule is CC1=CC2=CC(=O)CCC2C(C)(C)C1. The topological polar surface area (TPSA) is 17.1 Å². The van der Waals surface area contributed by atoms with Crippen molar-refractivity contribution >= 4 is 5.78 Å². The largest absolute Gasteiger partial charge is 0.295 e. The third kappa shape index (κ3) is 1.56. The van der Waals surface area contributed by atoms with Crippen LogP contribution in [0.4, 0.5) is 0 Å². The number of hydrogen-bond donors (Lipinski definition) is 0. The molecule has 2 rings (SSSR count). The summed E-state index contributed by atoms with van der Waals surface area (Å²) in [6, 6.07) is 0. The van der Waals surface area contributed by atoms with Crippen molar-refractivity contribution in [3.63, 3.8) is 0 Å². The Balaban J connectivity index is 2.42. The molecule has 0 fully saturated rings. The van der Waals surface area contributed by atoms with Gasteiger partial charge < -0.3 is 0 Å². The van der Waals surface area contributed by atoms with Gasteiger partial charge in [0, 0.05) is 6.42 Å². The zero-order valence-electron chi connectivity index (χ0n) is 9.26. The van der Waals surface area contributed by atoms with Gasteiger partial charge in [-0.15, -0.1) is 0 Å². The molecule has 76 valence electrons. The smallest absolute Gasteiger partial charge is 0.155 e. The Morgan fingerprint density at radius 1 is 1.36 bits per heavy atom. The molecule has 0 aromatic heterocycles. The average molecular weight is 190 g/mol. The molecule has 0 aromatic rings.